The van der Waals surface area contributed by atoms with Gasteiger partial charge in [0, 0.05) is 24.5 Å². The molecular weight excluding hydrogens is 355 g/mol. The SMILES string of the molecule is Cl.O=C(C1CC1c1ccc(Cl)c(Cl)c1)N1C2CCNCC1CC2. The molecule has 2 bridgehead atoms. The Kier molecular flexibility index (Phi) is 5.12. The number of nitrogens with one attached hydrogen (secondary N) is 1. The van der Waals surface area contributed by atoms with Gasteiger partial charge in [-0.25, -0.2) is 0 Å². The number of benzene rings is 1. The van der Waals surface area contributed by atoms with E-state index >= 15 is 0 Å². The number of hydrogen-bond acceptors (Lipinski definition) is 2. The van der Waals surface area contributed by atoms with Crippen LogP contribution in [0.2, 0.25) is 10.0 Å². The molecule has 4 rings (SSSR count). The van der Waals surface area contributed by atoms with Gasteiger partial charge in [0.15, 0.2) is 0 Å². The minimum Gasteiger partial charge on any atom is -0.335 e. The first-order chi connectivity index (χ1) is 10.6. The van der Waals surface area contributed by atoms with E-state index in [0.717, 1.165) is 37.9 Å². The van der Waals surface area contributed by atoms with E-state index in [1.165, 1.54) is 6.42 Å². The fraction of sp³-hybridized carbons (Fsp3) is 0.588. The summed E-state index contributed by atoms with van der Waals surface area (Å²) in [5, 5.41) is 4.61. The summed E-state index contributed by atoms with van der Waals surface area (Å²) >= 11 is 12.1. The van der Waals surface area contributed by atoms with Crippen molar-refractivity contribution in [2.45, 2.75) is 43.7 Å². The van der Waals surface area contributed by atoms with E-state index < -0.39 is 0 Å². The van der Waals surface area contributed by atoms with E-state index in [9.17, 15) is 4.79 Å². The Bertz CT molecular complexity index is 596. The monoisotopic (exact) mass is 374 g/mol. The zero-order chi connectivity index (χ0) is 15.3. The van der Waals surface area contributed by atoms with Crippen LogP contribution < -0.4 is 5.32 Å². The molecule has 2 saturated heterocycles. The molecule has 1 aromatic rings. The van der Waals surface area contributed by atoms with Gasteiger partial charge in [-0.15, -0.1) is 12.4 Å². The van der Waals surface area contributed by atoms with Gasteiger partial charge in [0.05, 0.1) is 10.0 Å². The van der Waals surface area contributed by atoms with Crippen molar-refractivity contribution in [3.63, 3.8) is 0 Å². The van der Waals surface area contributed by atoms with Crippen LogP contribution in [0.4, 0.5) is 0 Å². The molecule has 0 aromatic heterocycles. The van der Waals surface area contributed by atoms with Crippen molar-refractivity contribution in [1.29, 1.82) is 0 Å². The highest BCUT2D eigenvalue weighted by atomic mass is 35.5. The zero-order valence-corrected chi connectivity index (χ0v) is 15.1. The normalized spacial score (nSPS) is 32.2. The Morgan fingerprint density at radius 3 is 2.70 bits per heavy atom. The maximum Gasteiger partial charge on any atom is 0.226 e. The maximum atomic E-state index is 12.9. The average Bonchev–Trinajstić information content (AvgIpc) is 3.21. The molecule has 3 nitrogen and oxygen atoms in total. The molecule has 4 unspecified atom stereocenters. The Hall–Kier alpha value is -0.480. The second kappa shape index (κ2) is 6.79. The molecule has 1 aromatic carbocycles. The van der Waals surface area contributed by atoms with Crippen molar-refractivity contribution in [3.8, 4) is 0 Å². The molecule has 2 aliphatic heterocycles. The molecule has 2 heterocycles. The first kappa shape index (κ1) is 17.3. The summed E-state index contributed by atoms with van der Waals surface area (Å²) in [5.41, 5.74) is 1.15. The van der Waals surface area contributed by atoms with Crippen molar-refractivity contribution in [1.82, 2.24) is 10.2 Å². The number of fused-ring (bicyclic) bond motifs is 2. The largest absolute Gasteiger partial charge is 0.335 e. The molecule has 1 amide bonds. The van der Waals surface area contributed by atoms with Gasteiger partial charge in [0.1, 0.15) is 0 Å². The van der Waals surface area contributed by atoms with Crippen molar-refractivity contribution in [3.05, 3.63) is 33.8 Å². The van der Waals surface area contributed by atoms with E-state index in [1.54, 1.807) is 0 Å². The maximum absolute atomic E-state index is 12.9. The number of hydrogen-bond donors (Lipinski definition) is 1. The third-order valence-electron chi connectivity index (χ3n) is 5.39. The lowest BCUT2D eigenvalue weighted by Crippen LogP contribution is -2.43. The van der Waals surface area contributed by atoms with E-state index in [2.05, 4.69) is 10.2 Å². The summed E-state index contributed by atoms with van der Waals surface area (Å²) in [6.45, 7) is 1.98. The quantitative estimate of drug-likeness (QED) is 0.851. The number of carbonyl (C=O) groups excluding carboxylic acids is 1. The summed E-state index contributed by atoms with van der Waals surface area (Å²) in [6.07, 6.45) is 4.35. The molecular formula is C17H21Cl3N2O. The molecule has 6 heteroatoms. The van der Waals surface area contributed by atoms with Crippen LogP contribution in [0.5, 0.6) is 0 Å². The molecule has 126 valence electrons. The number of nitrogens with zero attached hydrogens (tertiary/aromatic N) is 1. The first-order valence-electron chi connectivity index (χ1n) is 8.13. The number of carbonyl (C=O) groups is 1. The molecule has 0 radical (unpaired) electrons. The van der Waals surface area contributed by atoms with Crippen LogP contribution in [-0.2, 0) is 4.79 Å². The summed E-state index contributed by atoms with van der Waals surface area (Å²) in [5.74, 6) is 0.809. The molecule has 23 heavy (non-hydrogen) atoms. The van der Waals surface area contributed by atoms with Crippen LogP contribution in [-0.4, -0.2) is 36.0 Å². The standard InChI is InChI=1S/C17H20Cl2N2O.ClH/c18-15-4-1-10(7-16(15)19)13-8-14(13)17(22)21-11-2-3-12(21)9-20-6-5-11;/h1,4,7,11-14,20H,2-3,5-6,8-9H2;1H. The van der Waals surface area contributed by atoms with Crippen molar-refractivity contribution in [2.75, 3.05) is 13.1 Å². The lowest BCUT2D eigenvalue weighted by Gasteiger charge is -2.28. The van der Waals surface area contributed by atoms with Crippen LogP contribution in [0.1, 0.15) is 37.2 Å². The summed E-state index contributed by atoms with van der Waals surface area (Å²) in [7, 11) is 0. The number of halogens is 3. The van der Waals surface area contributed by atoms with Crippen LogP contribution in [0.25, 0.3) is 0 Å². The van der Waals surface area contributed by atoms with E-state index in [4.69, 9.17) is 23.2 Å². The fourth-order valence-corrected chi connectivity index (χ4v) is 4.42. The lowest BCUT2D eigenvalue weighted by atomic mass is 10.1. The van der Waals surface area contributed by atoms with Gasteiger partial charge >= 0.3 is 0 Å². The summed E-state index contributed by atoms with van der Waals surface area (Å²) in [6, 6.07) is 6.60. The average molecular weight is 376 g/mol. The Labute approximate surface area is 153 Å². The van der Waals surface area contributed by atoms with Gasteiger partial charge < -0.3 is 10.2 Å². The molecule has 3 fully saturated rings. The van der Waals surface area contributed by atoms with Gasteiger partial charge in [-0.3, -0.25) is 4.79 Å². The van der Waals surface area contributed by atoms with Gasteiger partial charge in [-0.2, -0.15) is 0 Å². The highest BCUT2D eigenvalue weighted by Crippen LogP contribution is 2.50. The van der Waals surface area contributed by atoms with Gasteiger partial charge in [-0.1, -0.05) is 29.3 Å². The van der Waals surface area contributed by atoms with Gasteiger partial charge in [0.2, 0.25) is 5.91 Å². The fourth-order valence-electron chi connectivity index (χ4n) is 4.11. The summed E-state index contributed by atoms with van der Waals surface area (Å²) in [4.78, 5) is 15.1. The molecule has 1 N–H and O–H groups in total. The van der Waals surface area contributed by atoms with E-state index in [0.29, 0.717) is 34.0 Å². The van der Waals surface area contributed by atoms with Crippen molar-refractivity contribution >= 4 is 41.5 Å². The van der Waals surface area contributed by atoms with E-state index in [-0.39, 0.29) is 18.3 Å². The van der Waals surface area contributed by atoms with Crippen LogP contribution >= 0.6 is 35.6 Å². The van der Waals surface area contributed by atoms with Crippen LogP contribution in [0.3, 0.4) is 0 Å². The molecule has 1 aliphatic carbocycles. The second-order valence-electron chi connectivity index (χ2n) is 6.75. The van der Waals surface area contributed by atoms with Crippen LogP contribution in [0.15, 0.2) is 18.2 Å². The Balaban J connectivity index is 0.00000156. The molecule has 0 spiro atoms. The highest BCUT2D eigenvalue weighted by molar-refractivity contribution is 6.42. The highest BCUT2D eigenvalue weighted by Gasteiger charge is 2.50. The zero-order valence-electron chi connectivity index (χ0n) is 12.8. The lowest BCUT2D eigenvalue weighted by molar-refractivity contribution is -0.135. The first-order valence-corrected chi connectivity index (χ1v) is 8.88. The summed E-state index contributed by atoms with van der Waals surface area (Å²) < 4.78 is 0. The van der Waals surface area contributed by atoms with E-state index in [1.807, 2.05) is 18.2 Å². The topological polar surface area (TPSA) is 32.3 Å². The minimum absolute atomic E-state index is 0. The Morgan fingerprint density at radius 2 is 1.91 bits per heavy atom. The molecule has 3 aliphatic rings. The smallest absolute Gasteiger partial charge is 0.226 e. The van der Waals surface area contributed by atoms with Gasteiger partial charge in [0.25, 0.3) is 0 Å². The third-order valence-corrected chi connectivity index (χ3v) is 6.13. The predicted molar refractivity (Wildman–Crippen MR) is 95.7 cm³/mol. The van der Waals surface area contributed by atoms with Crippen LogP contribution in [0, 0.1) is 5.92 Å². The second-order valence-corrected chi connectivity index (χ2v) is 7.56. The molecule has 1 saturated carbocycles. The number of amides is 1. The predicted octanol–water partition coefficient (Wildman–Crippen LogP) is 3.87. The van der Waals surface area contributed by atoms with Crippen molar-refractivity contribution < 1.29 is 4.79 Å². The van der Waals surface area contributed by atoms with Gasteiger partial charge in [-0.05, 0) is 55.8 Å². The molecule has 4 atom stereocenters. The number of rotatable bonds is 2. The minimum atomic E-state index is 0. The Morgan fingerprint density at radius 1 is 1.13 bits per heavy atom. The third kappa shape index (κ3) is 3.21. The van der Waals surface area contributed by atoms with Crippen molar-refractivity contribution in [2.24, 2.45) is 5.92 Å².